The Hall–Kier alpha value is -0.900. The summed E-state index contributed by atoms with van der Waals surface area (Å²) in [4.78, 5) is 7.03. The smallest absolute Gasteiger partial charge is 0.191 e. The molecule has 3 unspecified atom stereocenters. The number of piperidine rings is 1. The molecule has 1 aromatic rings. The number of benzene rings is 1. The highest BCUT2D eigenvalue weighted by atomic mass is 127. The molecule has 1 spiro atoms. The number of likely N-dealkylation sites (tertiary alicyclic amines) is 1. The van der Waals surface area contributed by atoms with Crippen molar-refractivity contribution in [2.75, 3.05) is 39.9 Å². The van der Waals surface area contributed by atoms with Gasteiger partial charge in [0.25, 0.3) is 0 Å². The summed E-state index contributed by atoms with van der Waals surface area (Å²) in [5, 5.41) is 7.26. The number of halogens is 1. The first-order chi connectivity index (χ1) is 15.8. The zero-order valence-electron chi connectivity index (χ0n) is 20.0. The van der Waals surface area contributed by atoms with Gasteiger partial charge >= 0.3 is 0 Å². The molecular formula is C26H41IN4O2. The Morgan fingerprint density at radius 1 is 1.18 bits per heavy atom. The van der Waals surface area contributed by atoms with Gasteiger partial charge in [-0.05, 0) is 44.1 Å². The van der Waals surface area contributed by atoms with E-state index in [1.165, 1.54) is 31.2 Å². The zero-order valence-corrected chi connectivity index (χ0v) is 22.3. The normalized spacial score (nSPS) is 29.0. The Bertz CT molecular complexity index is 765. The van der Waals surface area contributed by atoms with E-state index in [4.69, 9.17) is 9.47 Å². The predicted molar refractivity (Wildman–Crippen MR) is 143 cm³/mol. The van der Waals surface area contributed by atoms with Crippen molar-refractivity contribution >= 4 is 29.9 Å². The highest BCUT2D eigenvalue weighted by molar-refractivity contribution is 14.0. The third-order valence-corrected chi connectivity index (χ3v) is 8.30. The fraction of sp³-hybridized carbons (Fsp3) is 0.731. The van der Waals surface area contributed by atoms with Crippen LogP contribution in [-0.2, 0) is 16.0 Å². The van der Waals surface area contributed by atoms with Crippen LogP contribution in [0.2, 0.25) is 0 Å². The van der Waals surface area contributed by atoms with E-state index in [1.807, 2.05) is 7.05 Å². The van der Waals surface area contributed by atoms with Gasteiger partial charge in [0, 0.05) is 63.8 Å². The van der Waals surface area contributed by atoms with E-state index < -0.39 is 0 Å². The predicted octanol–water partition coefficient (Wildman–Crippen LogP) is 3.80. The molecule has 0 bridgehead atoms. The molecule has 4 fully saturated rings. The van der Waals surface area contributed by atoms with Crippen LogP contribution in [-0.4, -0.2) is 69.0 Å². The van der Waals surface area contributed by atoms with E-state index in [1.54, 1.807) is 0 Å². The molecule has 7 heteroatoms. The first kappa shape index (κ1) is 25.2. The van der Waals surface area contributed by atoms with E-state index in [2.05, 4.69) is 50.9 Å². The Kier molecular flexibility index (Phi) is 8.93. The van der Waals surface area contributed by atoms with Gasteiger partial charge in [0.15, 0.2) is 5.96 Å². The molecule has 2 N–H and O–H groups in total. The number of fused-ring (bicyclic) bond motifs is 2. The molecular weight excluding hydrogens is 527 g/mol. The van der Waals surface area contributed by atoms with Crippen LogP contribution in [0.4, 0.5) is 0 Å². The average Bonchev–Trinajstić information content (AvgIpc) is 3.21. The van der Waals surface area contributed by atoms with Crippen molar-refractivity contribution in [2.24, 2.45) is 16.3 Å². The molecule has 2 aliphatic heterocycles. The minimum absolute atomic E-state index is 0. The molecule has 0 radical (unpaired) electrons. The van der Waals surface area contributed by atoms with Crippen molar-refractivity contribution in [1.82, 2.24) is 15.5 Å². The van der Waals surface area contributed by atoms with E-state index >= 15 is 0 Å². The van der Waals surface area contributed by atoms with Crippen LogP contribution in [0.5, 0.6) is 0 Å². The number of hydrogen-bond acceptors (Lipinski definition) is 4. The lowest BCUT2D eigenvalue weighted by Gasteiger charge is -2.63. The number of rotatable bonds is 8. The third kappa shape index (κ3) is 5.52. The van der Waals surface area contributed by atoms with E-state index in [-0.39, 0.29) is 24.0 Å². The summed E-state index contributed by atoms with van der Waals surface area (Å²) in [6.07, 6.45) is 9.35. The standard InChI is InChI=1S/C26H40N4O2.HI/c1-27-25(29-23-22-11-18-32-24(22)26(23)12-5-13-26)28-14-6-17-31-21-9-15-30(16-10-21)19-20-7-3-2-4-8-20;/h2-4,7-8,21-24H,5-6,9-19H2,1H3,(H2,27,28,29);1H. The zero-order chi connectivity index (χ0) is 21.8. The lowest BCUT2D eigenvalue weighted by molar-refractivity contribution is -0.171. The van der Waals surface area contributed by atoms with Crippen molar-refractivity contribution in [2.45, 2.75) is 69.7 Å². The number of guanidine groups is 1. The summed E-state index contributed by atoms with van der Waals surface area (Å²) in [5.74, 6) is 1.62. The first-order valence-electron chi connectivity index (χ1n) is 12.8. The van der Waals surface area contributed by atoms with Crippen molar-refractivity contribution in [3.8, 4) is 0 Å². The van der Waals surface area contributed by atoms with Crippen LogP contribution in [0.1, 0.15) is 50.5 Å². The second-order valence-corrected chi connectivity index (χ2v) is 10.1. The van der Waals surface area contributed by atoms with Gasteiger partial charge in [0.1, 0.15) is 0 Å². The number of hydrogen-bond donors (Lipinski definition) is 2. The van der Waals surface area contributed by atoms with Crippen LogP contribution in [0.25, 0.3) is 0 Å². The van der Waals surface area contributed by atoms with Gasteiger partial charge in [-0.1, -0.05) is 36.8 Å². The van der Waals surface area contributed by atoms with E-state index in [0.29, 0.717) is 29.6 Å². The summed E-state index contributed by atoms with van der Waals surface area (Å²) in [7, 11) is 1.88. The van der Waals surface area contributed by atoms with E-state index in [0.717, 1.165) is 64.6 Å². The Labute approximate surface area is 216 Å². The minimum Gasteiger partial charge on any atom is -0.378 e. The molecule has 184 valence electrons. The monoisotopic (exact) mass is 568 g/mol. The van der Waals surface area contributed by atoms with Crippen molar-refractivity contribution < 1.29 is 9.47 Å². The summed E-state index contributed by atoms with van der Waals surface area (Å²) >= 11 is 0. The highest BCUT2D eigenvalue weighted by Gasteiger charge is 2.66. The lowest BCUT2D eigenvalue weighted by Crippen LogP contribution is -2.72. The van der Waals surface area contributed by atoms with Crippen molar-refractivity contribution in [3.63, 3.8) is 0 Å². The van der Waals surface area contributed by atoms with Crippen LogP contribution in [0, 0.1) is 11.3 Å². The molecule has 4 aliphatic rings. The molecule has 6 nitrogen and oxygen atoms in total. The molecule has 2 aliphatic carbocycles. The van der Waals surface area contributed by atoms with Gasteiger partial charge in [0.2, 0.25) is 0 Å². The Balaban J connectivity index is 0.00000259. The molecule has 5 rings (SSSR count). The topological polar surface area (TPSA) is 58.1 Å². The Morgan fingerprint density at radius 2 is 1.97 bits per heavy atom. The molecule has 2 saturated heterocycles. The van der Waals surface area contributed by atoms with Gasteiger partial charge in [-0.2, -0.15) is 0 Å². The third-order valence-electron chi connectivity index (χ3n) is 8.30. The van der Waals surface area contributed by atoms with Crippen LogP contribution >= 0.6 is 24.0 Å². The van der Waals surface area contributed by atoms with Gasteiger partial charge in [0.05, 0.1) is 12.2 Å². The van der Waals surface area contributed by atoms with Crippen LogP contribution < -0.4 is 10.6 Å². The van der Waals surface area contributed by atoms with Gasteiger partial charge < -0.3 is 20.1 Å². The first-order valence-corrected chi connectivity index (χ1v) is 12.8. The summed E-state index contributed by atoms with van der Waals surface area (Å²) in [6, 6.07) is 11.3. The van der Waals surface area contributed by atoms with Gasteiger partial charge in [-0.15, -0.1) is 24.0 Å². The summed E-state index contributed by atoms with van der Waals surface area (Å²) in [5.41, 5.74) is 1.79. The van der Waals surface area contributed by atoms with Gasteiger partial charge in [-0.3, -0.25) is 9.89 Å². The number of nitrogens with zero attached hydrogens (tertiary/aromatic N) is 2. The molecule has 3 atom stereocenters. The number of aliphatic imine (C=N–C) groups is 1. The maximum atomic E-state index is 6.18. The molecule has 0 amide bonds. The maximum absolute atomic E-state index is 6.18. The number of nitrogens with one attached hydrogen (secondary N) is 2. The largest absolute Gasteiger partial charge is 0.378 e. The quantitative estimate of drug-likeness (QED) is 0.216. The molecule has 33 heavy (non-hydrogen) atoms. The molecule has 1 aromatic carbocycles. The van der Waals surface area contributed by atoms with Crippen LogP contribution in [0.15, 0.2) is 35.3 Å². The Morgan fingerprint density at radius 3 is 2.67 bits per heavy atom. The van der Waals surface area contributed by atoms with E-state index in [9.17, 15) is 0 Å². The lowest BCUT2D eigenvalue weighted by atomic mass is 9.46. The maximum Gasteiger partial charge on any atom is 0.191 e. The van der Waals surface area contributed by atoms with Crippen LogP contribution in [0.3, 0.4) is 0 Å². The summed E-state index contributed by atoms with van der Waals surface area (Å²) < 4.78 is 12.2. The summed E-state index contributed by atoms with van der Waals surface area (Å²) in [6.45, 7) is 5.96. The van der Waals surface area contributed by atoms with Crippen molar-refractivity contribution in [3.05, 3.63) is 35.9 Å². The van der Waals surface area contributed by atoms with Gasteiger partial charge in [-0.25, -0.2) is 0 Å². The fourth-order valence-electron chi connectivity index (χ4n) is 6.40. The second kappa shape index (κ2) is 11.7. The highest BCUT2D eigenvalue weighted by Crippen LogP contribution is 2.62. The second-order valence-electron chi connectivity index (χ2n) is 10.1. The number of ether oxygens (including phenoxy) is 2. The molecule has 2 saturated carbocycles. The average molecular weight is 569 g/mol. The SMILES string of the molecule is CN=C(NCCCOC1CCN(Cc2ccccc2)CC1)NC1C2CCOC2C12CCC2.I. The molecule has 2 heterocycles. The molecule has 0 aromatic heterocycles. The minimum atomic E-state index is 0. The fourth-order valence-corrected chi connectivity index (χ4v) is 6.40. The van der Waals surface area contributed by atoms with Crippen molar-refractivity contribution in [1.29, 1.82) is 0 Å².